The zero-order chi connectivity index (χ0) is 41.5. The molecule has 2 aromatic carbocycles. The molecular weight excluding hydrogens is 759 g/mol. The van der Waals surface area contributed by atoms with Gasteiger partial charge in [-0.15, -0.1) is 0 Å². The highest BCUT2D eigenvalue weighted by molar-refractivity contribution is 6.05. The highest BCUT2D eigenvalue weighted by Crippen LogP contribution is 2.35. The minimum atomic E-state index is -0.667. The van der Waals surface area contributed by atoms with E-state index in [4.69, 9.17) is 30.9 Å². The van der Waals surface area contributed by atoms with Gasteiger partial charge in [-0.05, 0) is 83.1 Å². The van der Waals surface area contributed by atoms with Gasteiger partial charge in [-0.1, -0.05) is 12.2 Å². The summed E-state index contributed by atoms with van der Waals surface area (Å²) in [4.78, 5) is 62.3. The summed E-state index contributed by atoms with van der Waals surface area (Å²) in [6, 6.07) is 9.72. The van der Waals surface area contributed by atoms with Gasteiger partial charge >= 0.3 is 0 Å². The lowest BCUT2D eigenvalue weighted by Crippen LogP contribution is -2.49. The van der Waals surface area contributed by atoms with Crippen LogP contribution in [0.2, 0.25) is 0 Å². The summed E-state index contributed by atoms with van der Waals surface area (Å²) in [6.07, 6.45) is 3.74. The number of carbonyl (C=O) groups is 4. The zero-order valence-electron chi connectivity index (χ0n) is 33.1. The predicted octanol–water partition coefficient (Wildman–Crippen LogP) is 3.00. The van der Waals surface area contributed by atoms with E-state index in [1.807, 2.05) is 39.8 Å². The maximum atomic E-state index is 13.8. The van der Waals surface area contributed by atoms with Gasteiger partial charge in [-0.3, -0.25) is 39.2 Å². The fraction of sp³-hybridized carbons (Fsp3) is 0.350. The van der Waals surface area contributed by atoms with Crippen molar-refractivity contribution < 1.29 is 28.7 Å². The van der Waals surface area contributed by atoms with Gasteiger partial charge in [0.05, 0.1) is 35.6 Å². The average molecular weight is 804 g/mol. The van der Waals surface area contributed by atoms with Crippen LogP contribution >= 0.6 is 0 Å². The number of ether oxygens (including phenoxy) is 2. The van der Waals surface area contributed by atoms with Crippen molar-refractivity contribution in [2.24, 2.45) is 23.3 Å². The van der Waals surface area contributed by atoms with E-state index in [9.17, 15) is 19.2 Å². The number of nitrogens with one attached hydrogen (secondary N) is 3. The van der Waals surface area contributed by atoms with Crippen molar-refractivity contribution >= 4 is 57.6 Å². The van der Waals surface area contributed by atoms with Gasteiger partial charge in [0.2, 0.25) is 23.7 Å². The fourth-order valence-corrected chi connectivity index (χ4v) is 7.50. The van der Waals surface area contributed by atoms with Crippen LogP contribution in [0.5, 0.6) is 11.5 Å². The molecule has 306 valence electrons. The Labute approximate surface area is 337 Å². The third kappa shape index (κ3) is 7.47. The Kier molecular flexibility index (Phi) is 10.4. The van der Waals surface area contributed by atoms with Gasteiger partial charge < -0.3 is 35.4 Å². The van der Waals surface area contributed by atoms with Crippen LogP contribution in [0.25, 0.3) is 22.1 Å². The van der Waals surface area contributed by atoms with Crippen molar-refractivity contribution in [3.8, 4) is 11.5 Å². The Bertz CT molecular complexity index is 2510. The lowest BCUT2D eigenvalue weighted by molar-refractivity contribution is 0.0988. The molecule has 2 aliphatic rings. The number of carbonyl (C=O) groups excluding carboxylic acids is 4. The largest absolute Gasteiger partial charge is 0.491 e. The second-order valence-electron chi connectivity index (χ2n) is 14.7. The van der Waals surface area contributed by atoms with Gasteiger partial charge in [0.25, 0.3) is 11.8 Å². The minimum Gasteiger partial charge on any atom is -0.491 e. The molecule has 0 spiro atoms. The van der Waals surface area contributed by atoms with Gasteiger partial charge in [-0.2, -0.15) is 10.2 Å². The van der Waals surface area contributed by atoms with Crippen LogP contribution in [0.15, 0.2) is 48.6 Å². The summed E-state index contributed by atoms with van der Waals surface area (Å²) >= 11 is 0. The molecule has 19 nitrogen and oxygen atoms in total. The number of allylic oxidation sites excluding steroid dienone is 2. The standard InChI is InChI=1S/C40H45N13O6/c1-5-52-29(11-21(3)48-52)37(56)46-39-44-27-13-23(35(41)54)15-31-33(27)50(39)9-7-8-10-51-34-28(45-40(51)47-38(57)30-12-22(4)49-53(30)6-2)14-24(36(42)55)16-32(34)59-20-26(19-58-31)25-17-43-18-25/h7-8,11-16,25-26,43H,5-6,9-10,17-20H2,1-4H3,(H2,41,54)(H2,42,55)(H,44,46,56)(H,45,47,57)/b8-7+. The van der Waals surface area contributed by atoms with Gasteiger partial charge in [0.15, 0.2) is 0 Å². The molecule has 4 amide bonds. The molecule has 7 N–H and O–H groups in total. The van der Waals surface area contributed by atoms with Gasteiger partial charge in [0, 0.05) is 43.2 Å². The van der Waals surface area contributed by atoms with Crippen LogP contribution in [-0.2, 0) is 26.2 Å². The highest BCUT2D eigenvalue weighted by atomic mass is 16.5. The number of imidazole rings is 2. The number of amides is 4. The van der Waals surface area contributed by atoms with Crippen LogP contribution in [0.3, 0.4) is 0 Å². The van der Waals surface area contributed by atoms with Crippen molar-refractivity contribution in [2.45, 2.75) is 53.9 Å². The Morgan fingerprint density at radius 1 is 0.695 bits per heavy atom. The molecule has 19 heteroatoms. The first kappa shape index (κ1) is 38.8. The molecule has 1 fully saturated rings. The van der Waals surface area contributed by atoms with E-state index in [0.717, 1.165) is 13.1 Å². The van der Waals surface area contributed by atoms with Crippen molar-refractivity contribution in [3.63, 3.8) is 0 Å². The first-order valence-electron chi connectivity index (χ1n) is 19.4. The number of aryl methyl sites for hydroxylation is 4. The smallest absolute Gasteiger partial charge is 0.276 e. The number of hydrogen-bond acceptors (Lipinski definition) is 11. The second kappa shape index (κ2) is 15.7. The molecular formula is C40H45N13O6. The van der Waals surface area contributed by atoms with Crippen LogP contribution in [0, 0.1) is 25.7 Å². The van der Waals surface area contributed by atoms with Crippen molar-refractivity contribution in [3.05, 3.63) is 82.5 Å². The molecule has 4 aromatic heterocycles. The van der Waals surface area contributed by atoms with Crippen LogP contribution in [0.4, 0.5) is 11.9 Å². The lowest BCUT2D eigenvalue weighted by atomic mass is 9.88. The van der Waals surface area contributed by atoms with Crippen molar-refractivity contribution in [1.29, 1.82) is 0 Å². The summed E-state index contributed by atoms with van der Waals surface area (Å²) in [5.74, 6) is -1.08. The van der Waals surface area contributed by atoms with E-state index in [-0.39, 0.29) is 61.2 Å². The normalized spacial score (nSPS) is 15.5. The third-order valence-electron chi connectivity index (χ3n) is 10.6. The molecule has 0 unspecified atom stereocenters. The van der Waals surface area contributed by atoms with Gasteiger partial charge in [0.1, 0.15) is 33.9 Å². The van der Waals surface area contributed by atoms with Crippen LogP contribution in [-0.4, -0.2) is 88.6 Å². The maximum absolute atomic E-state index is 13.8. The molecule has 59 heavy (non-hydrogen) atoms. The van der Waals surface area contributed by atoms with Crippen molar-refractivity contribution in [1.82, 2.24) is 44.0 Å². The maximum Gasteiger partial charge on any atom is 0.276 e. The molecule has 0 radical (unpaired) electrons. The number of anilines is 2. The number of nitrogens with zero attached hydrogens (tertiary/aromatic N) is 8. The van der Waals surface area contributed by atoms with E-state index >= 15 is 0 Å². The topological polar surface area (TPSA) is 246 Å². The number of benzene rings is 2. The first-order chi connectivity index (χ1) is 28.4. The minimum absolute atomic E-state index is 0.162. The number of hydrogen-bond donors (Lipinski definition) is 5. The summed E-state index contributed by atoms with van der Waals surface area (Å²) < 4.78 is 20.0. The Balaban J connectivity index is 1.26. The number of aromatic nitrogens is 8. The molecule has 1 saturated heterocycles. The van der Waals surface area contributed by atoms with Crippen LogP contribution < -0.4 is 36.9 Å². The number of nitrogens with two attached hydrogens (primary N) is 2. The Hall–Kier alpha value is -7.02. The van der Waals surface area contributed by atoms with E-state index in [1.165, 1.54) is 0 Å². The predicted molar refractivity (Wildman–Crippen MR) is 218 cm³/mol. The molecule has 0 aliphatic carbocycles. The van der Waals surface area contributed by atoms with E-state index in [0.29, 0.717) is 69.4 Å². The average Bonchev–Trinajstić information content (AvgIpc) is 3.95. The molecule has 6 heterocycles. The Morgan fingerprint density at radius 3 is 1.51 bits per heavy atom. The number of rotatable bonds is 9. The SMILES string of the molecule is CCn1nc(C)cc1C(=O)Nc1nc2cc(C(N)=O)cc3c2n1C/C=C/Cn1c(NC(=O)c2cc(C)nn2CC)nc2cc(C(N)=O)cc(c21)OCC(C1CNC1)CO3. The summed E-state index contributed by atoms with van der Waals surface area (Å²) in [5.41, 5.74) is 15.9. The molecule has 0 bridgehead atoms. The summed E-state index contributed by atoms with van der Waals surface area (Å²) in [5, 5.41) is 18.1. The lowest BCUT2D eigenvalue weighted by Gasteiger charge is -2.34. The molecule has 6 aromatic rings. The summed E-state index contributed by atoms with van der Waals surface area (Å²) in [7, 11) is 0. The zero-order valence-corrected chi connectivity index (χ0v) is 33.1. The fourth-order valence-electron chi connectivity index (χ4n) is 7.50. The number of primary amides is 2. The third-order valence-corrected chi connectivity index (χ3v) is 10.6. The molecule has 8 rings (SSSR count). The Morgan fingerprint density at radius 2 is 1.14 bits per heavy atom. The first-order valence-corrected chi connectivity index (χ1v) is 19.4. The monoisotopic (exact) mass is 803 g/mol. The van der Waals surface area contributed by atoms with E-state index < -0.39 is 23.6 Å². The summed E-state index contributed by atoms with van der Waals surface area (Å²) in [6.45, 7) is 10.6. The van der Waals surface area contributed by atoms with E-state index in [1.54, 1.807) is 54.9 Å². The molecule has 0 saturated carbocycles. The van der Waals surface area contributed by atoms with Gasteiger partial charge in [-0.25, -0.2) is 9.97 Å². The highest BCUT2D eigenvalue weighted by Gasteiger charge is 2.31. The van der Waals surface area contributed by atoms with Crippen LogP contribution in [0.1, 0.15) is 66.9 Å². The van der Waals surface area contributed by atoms with Crippen molar-refractivity contribution in [2.75, 3.05) is 36.9 Å². The molecule has 0 atom stereocenters. The second-order valence-corrected chi connectivity index (χ2v) is 14.7. The van der Waals surface area contributed by atoms with E-state index in [2.05, 4.69) is 26.1 Å². The molecule has 2 aliphatic heterocycles. The quantitative estimate of drug-likeness (QED) is 0.133.